The van der Waals surface area contributed by atoms with E-state index in [1.54, 1.807) is 67.6 Å². The lowest BCUT2D eigenvalue weighted by atomic mass is 9.93. The van der Waals surface area contributed by atoms with Gasteiger partial charge in [-0.25, -0.2) is 0 Å². The Labute approximate surface area is 387 Å². The number of likely N-dealkylation sites (tertiary alicyclic amines) is 1. The topological polar surface area (TPSA) is 182 Å². The standard InChI is InChI=1S/C22H22ClN3O4S.C20H20ClN3O3S.C2H3ClO/c1-13(27)25-10-7-14(8-11-25)9-12-26-21(29)15-3-2-4-16(19(15)22(26)30)24-20(28)17-5-6-18(23)31-17;21-16-5-4-15(28-16)18(25)23-14-3-1-2-13-17(14)20(27)24(19(13)26)11-8-12-6-9-22-10-7-12;1-2(3)4/h2-6,14H,7-12H2,1H3,(H,24,28);1-5,12,22H,6-11H2,(H,23,25);1H3. The summed E-state index contributed by atoms with van der Waals surface area (Å²) < 4.78 is 1.01. The average Bonchev–Trinajstić information content (AvgIpc) is 4.02. The summed E-state index contributed by atoms with van der Waals surface area (Å²) in [6, 6.07) is 16.4. The molecule has 6 heterocycles. The van der Waals surface area contributed by atoms with Gasteiger partial charge in [0.1, 0.15) is 0 Å². The first-order chi connectivity index (χ1) is 30.1. The molecule has 2 aromatic heterocycles. The van der Waals surface area contributed by atoms with Crippen molar-refractivity contribution < 1.29 is 38.4 Å². The van der Waals surface area contributed by atoms with Crippen LogP contribution in [0.1, 0.15) is 113 Å². The number of hydrogen-bond acceptors (Lipinski definition) is 11. The van der Waals surface area contributed by atoms with Crippen molar-refractivity contribution in [3.63, 3.8) is 0 Å². The van der Waals surface area contributed by atoms with E-state index in [4.69, 9.17) is 23.2 Å². The van der Waals surface area contributed by atoms with E-state index in [9.17, 15) is 38.4 Å². The van der Waals surface area contributed by atoms with Crippen LogP contribution in [0.3, 0.4) is 0 Å². The molecule has 2 aromatic carbocycles. The van der Waals surface area contributed by atoms with Gasteiger partial charge in [0, 0.05) is 40.0 Å². The normalized spacial score (nSPS) is 16.2. The van der Waals surface area contributed by atoms with Crippen molar-refractivity contribution in [1.82, 2.24) is 20.0 Å². The highest BCUT2D eigenvalue weighted by Crippen LogP contribution is 2.34. The number of nitrogens with zero attached hydrogens (tertiary/aromatic N) is 3. The molecule has 7 amide bonds. The largest absolute Gasteiger partial charge is 0.343 e. The van der Waals surface area contributed by atoms with Crippen LogP contribution in [-0.2, 0) is 9.59 Å². The van der Waals surface area contributed by atoms with Gasteiger partial charge in [-0.3, -0.25) is 48.2 Å². The molecule has 2 fully saturated rings. The second-order valence-electron chi connectivity index (χ2n) is 15.3. The van der Waals surface area contributed by atoms with Crippen LogP contribution in [0.15, 0.2) is 60.7 Å². The van der Waals surface area contributed by atoms with Crippen LogP contribution in [0, 0.1) is 11.8 Å². The van der Waals surface area contributed by atoms with Crippen LogP contribution in [0.5, 0.6) is 0 Å². The number of carbonyl (C=O) groups is 8. The summed E-state index contributed by atoms with van der Waals surface area (Å²) in [4.78, 5) is 103. The van der Waals surface area contributed by atoms with Gasteiger partial charge in [-0.1, -0.05) is 35.3 Å². The van der Waals surface area contributed by atoms with Gasteiger partial charge in [0.05, 0.1) is 52.1 Å². The number of anilines is 2. The third kappa shape index (κ3) is 11.8. The van der Waals surface area contributed by atoms with E-state index in [2.05, 4.69) is 27.6 Å². The Morgan fingerprint density at radius 1 is 0.635 bits per heavy atom. The quantitative estimate of drug-likeness (QED) is 0.104. The third-order valence-electron chi connectivity index (χ3n) is 11.1. The SMILES string of the molecule is CC(=O)Cl.CC(=O)N1CCC(CCN2C(=O)c3cccc(NC(=O)c4ccc(Cl)s4)c3C2=O)CC1.O=C(Nc1cccc2c1C(=O)N(CCC1CCNCC1)C2=O)c1ccc(Cl)s1. The summed E-state index contributed by atoms with van der Waals surface area (Å²) in [5.41, 5.74) is 1.83. The highest BCUT2D eigenvalue weighted by atomic mass is 35.5. The first-order valence-corrected chi connectivity index (χ1v) is 23.1. The van der Waals surface area contributed by atoms with Crippen LogP contribution in [0.25, 0.3) is 0 Å². The van der Waals surface area contributed by atoms with Crippen molar-refractivity contribution in [3.05, 3.63) is 101 Å². The van der Waals surface area contributed by atoms with Gasteiger partial charge in [-0.2, -0.15) is 0 Å². The highest BCUT2D eigenvalue weighted by Gasteiger charge is 2.39. The van der Waals surface area contributed by atoms with Crippen LogP contribution in [-0.4, -0.2) is 101 Å². The molecule has 4 aliphatic rings. The Morgan fingerprint density at radius 2 is 1.05 bits per heavy atom. The number of imide groups is 2. The lowest BCUT2D eigenvalue weighted by Gasteiger charge is -2.31. The summed E-state index contributed by atoms with van der Waals surface area (Å²) >= 11 is 18.7. The van der Waals surface area contributed by atoms with E-state index in [0.717, 1.165) is 67.9 Å². The molecule has 4 aromatic rings. The predicted octanol–water partition coefficient (Wildman–Crippen LogP) is 8.31. The summed E-state index contributed by atoms with van der Waals surface area (Å²) in [7, 11) is 0. The summed E-state index contributed by atoms with van der Waals surface area (Å²) in [6.07, 6.45) is 5.37. The van der Waals surface area contributed by atoms with Crippen LogP contribution in [0.2, 0.25) is 8.67 Å². The number of rotatable bonds is 10. The fourth-order valence-electron chi connectivity index (χ4n) is 7.85. The number of hydrogen-bond donors (Lipinski definition) is 3. The smallest absolute Gasteiger partial charge is 0.265 e. The molecule has 3 N–H and O–H groups in total. The van der Waals surface area contributed by atoms with Crippen molar-refractivity contribution in [2.24, 2.45) is 11.8 Å². The molecule has 0 bridgehead atoms. The molecule has 4 aliphatic heterocycles. The van der Waals surface area contributed by atoms with E-state index >= 15 is 0 Å². The van der Waals surface area contributed by atoms with Crippen molar-refractivity contribution in [2.75, 3.05) is 49.9 Å². The van der Waals surface area contributed by atoms with Gasteiger partial charge >= 0.3 is 0 Å². The molecule has 0 spiro atoms. The monoisotopic (exact) mass is 954 g/mol. The number of thiophene rings is 2. The van der Waals surface area contributed by atoms with Crippen LogP contribution < -0.4 is 16.0 Å². The Morgan fingerprint density at radius 3 is 1.43 bits per heavy atom. The van der Waals surface area contributed by atoms with E-state index in [1.165, 1.54) is 16.7 Å². The molecule has 0 aliphatic carbocycles. The van der Waals surface area contributed by atoms with Crippen molar-refractivity contribution >= 4 is 115 Å². The lowest BCUT2D eigenvalue weighted by molar-refractivity contribution is -0.130. The number of nitrogens with one attached hydrogen (secondary N) is 3. The summed E-state index contributed by atoms with van der Waals surface area (Å²) in [6.45, 7) is 6.99. The Hall–Kier alpha value is -4.97. The van der Waals surface area contributed by atoms with E-state index in [1.807, 2.05) is 4.90 Å². The molecule has 0 radical (unpaired) electrons. The zero-order valence-corrected chi connectivity index (χ0v) is 38.4. The first kappa shape index (κ1) is 47.5. The zero-order valence-electron chi connectivity index (χ0n) is 34.5. The number of piperidine rings is 2. The molecule has 14 nitrogen and oxygen atoms in total. The number of halogens is 3. The molecule has 8 rings (SSSR count). The maximum atomic E-state index is 13.0. The minimum Gasteiger partial charge on any atom is -0.343 e. The number of carbonyl (C=O) groups excluding carboxylic acids is 8. The lowest BCUT2D eigenvalue weighted by Crippen LogP contribution is -2.38. The van der Waals surface area contributed by atoms with E-state index < -0.39 is 0 Å². The predicted molar refractivity (Wildman–Crippen MR) is 245 cm³/mol. The zero-order chi connectivity index (χ0) is 45.4. The number of amides is 7. The van der Waals surface area contributed by atoms with E-state index in [-0.39, 0.29) is 57.7 Å². The second-order valence-corrected chi connectivity index (χ2v) is 19.2. The molecule has 0 unspecified atom stereocenters. The van der Waals surface area contributed by atoms with Gasteiger partial charge in [0.25, 0.3) is 35.4 Å². The van der Waals surface area contributed by atoms with Crippen LogP contribution in [0.4, 0.5) is 11.4 Å². The van der Waals surface area contributed by atoms with Crippen molar-refractivity contribution in [2.45, 2.75) is 52.4 Å². The molecule has 2 saturated heterocycles. The number of fused-ring (bicyclic) bond motifs is 2. The van der Waals surface area contributed by atoms with Gasteiger partial charge in [-0.15, -0.1) is 22.7 Å². The fraction of sp³-hybridized carbons (Fsp3) is 0.364. The van der Waals surface area contributed by atoms with Gasteiger partial charge in [0.15, 0.2) is 0 Å². The summed E-state index contributed by atoms with van der Waals surface area (Å²) in [5.74, 6) is -1.11. The molecular weight excluding hydrogens is 911 g/mol. The molecule has 63 heavy (non-hydrogen) atoms. The molecule has 0 atom stereocenters. The van der Waals surface area contributed by atoms with E-state index in [0.29, 0.717) is 85.4 Å². The third-order valence-corrected chi connectivity index (χ3v) is 13.6. The highest BCUT2D eigenvalue weighted by molar-refractivity contribution is 7.18. The molecular formula is C44H45Cl3N6O8S2. The second kappa shape index (κ2) is 21.6. The molecule has 0 saturated carbocycles. The Balaban J connectivity index is 0.000000194. The molecule has 332 valence electrons. The minimum atomic E-state index is -0.388. The van der Waals surface area contributed by atoms with Crippen LogP contribution >= 0.6 is 57.5 Å². The summed E-state index contributed by atoms with van der Waals surface area (Å²) in [5, 5.41) is 8.45. The molecule has 19 heteroatoms. The van der Waals surface area contributed by atoms with Gasteiger partial charge in [-0.05, 0) is 124 Å². The average molecular weight is 956 g/mol. The Kier molecular flexibility index (Phi) is 16.3. The fourth-order valence-corrected chi connectivity index (χ4v) is 9.73. The van der Waals surface area contributed by atoms with Crippen molar-refractivity contribution in [1.29, 1.82) is 0 Å². The maximum absolute atomic E-state index is 13.0. The minimum absolute atomic E-state index is 0.0817. The number of benzene rings is 2. The maximum Gasteiger partial charge on any atom is 0.265 e. The Bertz CT molecular complexity index is 2420. The van der Waals surface area contributed by atoms with Gasteiger partial charge < -0.3 is 20.9 Å². The van der Waals surface area contributed by atoms with Gasteiger partial charge in [0.2, 0.25) is 11.1 Å². The van der Waals surface area contributed by atoms with Crippen molar-refractivity contribution in [3.8, 4) is 0 Å². The first-order valence-electron chi connectivity index (χ1n) is 20.4.